The molecular weight excluding hydrogens is 917 g/mol. The third-order valence-electron chi connectivity index (χ3n) is 15.8. The van der Waals surface area contributed by atoms with Crippen LogP contribution in [0.25, 0.3) is 0 Å². The van der Waals surface area contributed by atoms with E-state index in [0.717, 1.165) is 11.8 Å². The van der Waals surface area contributed by atoms with E-state index in [4.69, 9.17) is 10.2 Å². The molecule has 14 rings (SSSR count). The van der Waals surface area contributed by atoms with Gasteiger partial charge in [0.1, 0.15) is 24.3 Å². The lowest BCUT2D eigenvalue weighted by atomic mass is 9.59. The van der Waals surface area contributed by atoms with Crippen LogP contribution in [0.15, 0.2) is 218 Å². The Bertz CT molecular complexity index is 2790. The number of hydrogen-bond acceptors (Lipinski definition) is 6. The topological polar surface area (TPSA) is 154 Å². The molecule has 0 amide bonds. The lowest BCUT2D eigenvalue weighted by Crippen LogP contribution is -2.86. The maximum Gasteiger partial charge on any atom is 0.118 e. The predicted molar refractivity (Wildman–Crippen MR) is 285 cm³/mol. The van der Waals surface area contributed by atoms with E-state index in [-0.39, 0.29) is 0 Å². The van der Waals surface area contributed by atoms with Crippen LogP contribution in [-0.4, -0.2) is 35.2 Å². The number of hydrogen-bond donors (Lipinski definition) is 4. The average Bonchev–Trinajstić information content (AvgIpc) is 3.48. The summed E-state index contributed by atoms with van der Waals surface area (Å²) in [5.41, 5.74) is 16.1. The number of benzene rings is 8. The fraction of sp³-hybridized carbons (Fsp3) is 0.242. The Balaban J connectivity index is 0.000000131. The molecule has 0 heterocycles. The van der Waals surface area contributed by atoms with Gasteiger partial charge in [0.05, 0.1) is 25.0 Å². The Morgan fingerprint density at radius 3 is 0.878 bits per heavy atom. The Kier molecular flexibility index (Phi) is 16.7. The van der Waals surface area contributed by atoms with Crippen molar-refractivity contribution in [3.8, 4) is 0 Å². The van der Waals surface area contributed by atoms with Gasteiger partial charge in [-0.1, -0.05) is 218 Å². The Hall–Kier alpha value is -7.46. The SMILES string of the molecule is C[C@@H]([NH2+]C[C@@H]1CC2c3ccccc3C1c1ccccc12)c1ccccc1.C[C@@H]([NH2+]C[C@@H]1CC2c3ccccc3C1c1ccccc12)c1ccccc1.O=C([O-])[C@@H](O)c1ccccc1.O=C([O-])[C@@H](O)c1ccccc1. The van der Waals surface area contributed by atoms with E-state index in [1.54, 1.807) is 80.9 Å². The zero-order valence-electron chi connectivity index (χ0n) is 42.1. The number of carboxylic acid groups (broad SMARTS) is 2. The maximum absolute atomic E-state index is 10.1. The molecule has 0 unspecified atom stereocenters. The highest BCUT2D eigenvalue weighted by molar-refractivity contribution is 5.72. The predicted octanol–water partition coefficient (Wildman–Crippen LogP) is 8.16. The van der Waals surface area contributed by atoms with Crippen LogP contribution in [0.1, 0.15) is 141 Å². The monoisotopic (exact) mass is 982 g/mol. The van der Waals surface area contributed by atoms with Crippen LogP contribution < -0.4 is 20.8 Å². The second-order valence-electron chi connectivity index (χ2n) is 20.2. The molecule has 6 aliphatic carbocycles. The summed E-state index contributed by atoms with van der Waals surface area (Å²) in [5, 5.41) is 43.2. The van der Waals surface area contributed by atoms with Crippen LogP contribution in [0.3, 0.4) is 0 Å². The van der Waals surface area contributed by atoms with E-state index < -0.39 is 24.1 Å². The van der Waals surface area contributed by atoms with Crippen molar-refractivity contribution in [3.05, 3.63) is 285 Å². The number of fused-ring (bicyclic) bond motifs is 2. The number of aliphatic hydroxyl groups is 2. The van der Waals surface area contributed by atoms with Gasteiger partial charge in [0.25, 0.3) is 0 Å². The standard InChI is InChI=1S/2C25H25N.2C8H8O3/c2*1-17(18-9-3-2-4-10-18)26-16-19-15-24-20-11-5-7-13-22(20)25(19)23-14-8-6-12-21(23)24;2*9-7(8(10)11)6-4-2-1-3-5-6/h2*2-14,17,19,24-26H,15-16H2,1H3;2*1-5,7,9H,(H,10,11)/t2*17-,19+,24?,25?;2*7-/m1100/s1. The van der Waals surface area contributed by atoms with Crippen molar-refractivity contribution in [3.63, 3.8) is 0 Å². The number of quaternary nitrogens is 2. The van der Waals surface area contributed by atoms with Gasteiger partial charge in [0, 0.05) is 46.6 Å². The first-order valence-electron chi connectivity index (χ1n) is 26.1. The Morgan fingerprint density at radius 2 is 0.622 bits per heavy atom. The largest absolute Gasteiger partial charge is 0.547 e. The average molecular weight is 983 g/mol. The van der Waals surface area contributed by atoms with Gasteiger partial charge in [-0.15, -0.1) is 0 Å². The molecule has 8 nitrogen and oxygen atoms in total. The quantitative estimate of drug-likeness (QED) is 0.0970. The molecule has 376 valence electrons. The number of aliphatic hydroxyl groups excluding tert-OH is 2. The van der Waals surface area contributed by atoms with E-state index in [2.05, 4.69) is 182 Å². The van der Waals surface area contributed by atoms with Gasteiger partial charge >= 0.3 is 0 Å². The van der Waals surface area contributed by atoms with Gasteiger partial charge in [-0.25, -0.2) is 0 Å². The molecule has 0 saturated heterocycles. The van der Waals surface area contributed by atoms with E-state index >= 15 is 0 Å². The molecule has 0 fully saturated rings. The first-order valence-corrected chi connectivity index (χ1v) is 26.1. The summed E-state index contributed by atoms with van der Waals surface area (Å²) < 4.78 is 0. The minimum atomic E-state index is -1.52. The zero-order chi connectivity index (χ0) is 51.6. The van der Waals surface area contributed by atoms with E-state index in [1.165, 1.54) is 61.3 Å². The molecule has 6 aliphatic rings. The summed E-state index contributed by atoms with van der Waals surface area (Å²) in [6.45, 7) is 7.05. The van der Waals surface area contributed by atoms with Crippen LogP contribution in [0.4, 0.5) is 0 Å². The van der Waals surface area contributed by atoms with Gasteiger partial charge in [0.2, 0.25) is 0 Å². The molecule has 8 aromatic carbocycles. The van der Waals surface area contributed by atoms with E-state index in [0.29, 0.717) is 46.9 Å². The number of carbonyl (C=O) groups excluding carboxylic acids is 2. The van der Waals surface area contributed by atoms with Crippen molar-refractivity contribution in [1.29, 1.82) is 0 Å². The third kappa shape index (κ3) is 11.5. The fourth-order valence-corrected chi connectivity index (χ4v) is 12.1. The van der Waals surface area contributed by atoms with Crippen LogP contribution in [0, 0.1) is 11.8 Å². The highest BCUT2D eigenvalue weighted by atomic mass is 16.4. The third-order valence-corrected chi connectivity index (χ3v) is 15.8. The molecular formula is C66H66N2O6. The lowest BCUT2D eigenvalue weighted by molar-refractivity contribution is -0.698. The van der Waals surface area contributed by atoms with E-state index in [9.17, 15) is 19.8 Å². The lowest BCUT2D eigenvalue weighted by Gasteiger charge is -2.45. The molecule has 0 saturated carbocycles. The molecule has 6 N–H and O–H groups in total. The van der Waals surface area contributed by atoms with Crippen LogP contribution in [0.2, 0.25) is 0 Å². The summed E-state index contributed by atoms with van der Waals surface area (Å²) in [4.78, 5) is 20.3. The first kappa shape index (κ1) is 51.4. The highest BCUT2D eigenvalue weighted by Crippen LogP contribution is 2.56. The first-order chi connectivity index (χ1) is 36.1. The second kappa shape index (κ2) is 24.1. The van der Waals surface area contributed by atoms with Crippen molar-refractivity contribution in [2.45, 2.75) is 74.7 Å². The second-order valence-corrected chi connectivity index (χ2v) is 20.2. The summed E-state index contributed by atoms with van der Waals surface area (Å²) >= 11 is 0. The van der Waals surface area contributed by atoms with Gasteiger partial charge in [-0.05, 0) is 82.3 Å². The van der Waals surface area contributed by atoms with Crippen molar-refractivity contribution in [2.75, 3.05) is 13.1 Å². The number of rotatable bonds is 12. The van der Waals surface area contributed by atoms with Gasteiger partial charge in [-0.2, -0.15) is 0 Å². The summed E-state index contributed by atoms with van der Waals surface area (Å²) in [6, 6.07) is 75.6. The highest BCUT2D eigenvalue weighted by Gasteiger charge is 2.45. The minimum Gasteiger partial charge on any atom is -0.547 e. The maximum atomic E-state index is 10.1. The molecule has 4 bridgehead atoms. The molecule has 6 atom stereocenters. The fourth-order valence-electron chi connectivity index (χ4n) is 12.1. The molecule has 0 radical (unpaired) electrons. The number of aliphatic carboxylic acids is 2. The van der Waals surface area contributed by atoms with Crippen molar-refractivity contribution >= 4 is 11.9 Å². The van der Waals surface area contributed by atoms with Gasteiger partial charge < -0.3 is 40.6 Å². The molecule has 8 heteroatoms. The zero-order valence-corrected chi connectivity index (χ0v) is 42.1. The number of carbonyl (C=O) groups is 2. The van der Waals surface area contributed by atoms with Gasteiger partial charge in [-0.3, -0.25) is 0 Å². The van der Waals surface area contributed by atoms with Crippen LogP contribution in [-0.2, 0) is 9.59 Å². The Labute approximate surface area is 435 Å². The molecule has 0 aliphatic heterocycles. The smallest absolute Gasteiger partial charge is 0.118 e. The van der Waals surface area contributed by atoms with Crippen molar-refractivity contribution < 1.29 is 40.6 Å². The molecule has 74 heavy (non-hydrogen) atoms. The molecule has 0 aromatic heterocycles. The van der Waals surface area contributed by atoms with Crippen LogP contribution >= 0.6 is 0 Å². The van der Waals surface area contributed by atoms with Gasteiger partial charge in [0.15, 0.2) is 0 Å². The Morgan fingerprint density at radius 1 is 0.392 bits per heavy atom. The summed E-state index contributed by atoms with van der Waals surface area (Å²) in [7, 11) is 0. The summed E-state index contributed by atoms with van der Waals surface area (Å²) in [6.07, 6.45) is -0.458. The van der Waals surface area contributed by atoms with E-state index in [1.807, 2.05) is 0 Å². The normalized spacial score (nSPS) is 20.5. The number of carboxylic acids is 2. The van der Waals surface area contributed by atoms with Crippen molar-refractivity contribution in [1.82, 2.24) is 0 Å². The molecule has 0 spiro atoms. The summed E-state index contributed by atoms with van der Waals surface area (Å²) in [5.74, 6) is 0.772. The van der Waals surface area contributed by atoms with Crippen molar-refractivity contribution in [2.24, 2.45) is 11.8 Å². The molecule has 8 aromatic rings. The van der Waals surface area contributed by atoms with Crippen LogP contribution in [0.5, 0.6) is 0 Å². The minimum absolute atomic E-state index is 0.340. The number of nitrogens with two attached hydrogens (primary N) is 2.